The van der Waals surface area contributed by atoms with Crippen molar-refractivity contribution in [2.75, 3.05) is 26.8 Å². The molecule has 0 radical (unpaired) electrons. The largest absolute Gasteiger partial charge is 0.383 e. The molecule has 0 bridgehead atoms. The number of hydrogen-bond acceptors (Lipinski definition) is 2. The molecule has 1 amide bonds. The van der Waals surface area contributed by atoms with Crippen LogP contribution in [0.15, 0.2) is 22.7 Å². The van der Waals surface area contributed by atoms with E-state index < -0.39 is 0 Å². The molecule has 1 aromatic rings. The second-order valence-corrected chi connectivity index (χ2v) is 5.62. The molecule has 0 saturated carbocycles. The summed E-state index contributed by atoms with van der Waals surface area (Å²) in [4.78, 5) is 14.2. The lowest BCUT2D eigenvalue weighted by Gasteiger charge is -2.24. The second-order valence-electron chi connectivity index (χ2n) is 4.76. The van der Waals surface area contributed by atoms with Crippen LogP contribution in [-0.4, -0.2) is 37.6 Å². The minimum Gasteiger partial charge on any atom is -0.383 e. The number of amides is 1. The summed E-state index contributed by atoms with van der Waals surface area (Å²) >= 11 is 3.23. The van der Waals surface area contributed by atoms with Crippen LogP contribution in [0.2, 0.25) is 0 Å². The van der Waals surface area contributed by atoms with Gasteiger partial charge in [0.15, 0.2) is 0 Å². The van der Waals surface area contributed by atoms with Crippen molar-refractivity contribution in [2.45, 2.75) is 13.8 Å². The summed E-state index contributed by atoms with van der Waals surface area (Å²) in [6.45, 7) is 5.75. The minimum atomic E-state index is -0.365. The molecular formula is C14H19BrFNO2. The van der Waals surface area contributed by atoms with Crippen molar-refractivity contribution in [1.82, 2.24) is 4.90 Å². The molecule has 1 rings (SSSR count). The highest BCUT2D eigenvalue weighted by Crippen LogP contribution is 2.20. The normalized spacial score (nSPS) is 10.8. The van der Waals surface area contributed by atoms with Gasteiger partial charge < -0.3 is 9.64 Å². The molecule has 3 nitrogen and oxygen atoms in total. The highest BCUT2D eigenvalue weighted by atomic mass is 79.9. The zero-order valence-corrected chi connectivity index (χ0v) is 13.0. The topological polar surface area (TPSA) is 29.5 Å². The second kappa shape index (κ2) is 7.60. The van der Waals surface area contributed by atoms with Gasteiger partial charge in [-0.2, -0.15) is 0 Å². The zero-order chi connectivity index (χ0) is 14.4. The van der Waals surface area contributed by atoms with E-state index in [0.29, 0.717) is 35.7 Å². The molecule has 106 valence electrons. The van der Waals surface area contributed by atoms with Gasteiger partial charge >= 0.3 is 0 Å². The molecule has 1 aromatic carbocycles. The van der Waals surface area contributed by atoms with Crippen LogP contribution in [0, 0.1) is 11.7 Å². The maximum Gasteiger partial charge on any atom is 0.255 e. The number of hydrogen-bond donors (Lipinski definition) is 0. The van der Waals surface area contributed by atoms with Gasteiger partial charge in [0.2, 0.25) is 0 Å². The number of carbonyl (C=O) groups is 1. The third-order valence-electron chi connectivity index (χ3n) is 2.60. The van der Waals surface area contributed by atoms with Crippen LogP contribution in [0.3, 0.4) is 0 Å². The van der Waals surface area contributed by atoms with Gasteiger partial charge in [0.1, 0.15) is 5.82 Å². The number of rotatable bonds is 6. The summed E-state index contributed by atoms with van der Waals surface area (Å²) in [7, 11) is 1.60. The molecule has 0 aliphatic heterocycles. The van der Waals surface area contributed by atoms with Crippen molar-refractivity contribution < 1.29 is 13.9 Å². The molecule has 0 atom stereocenters. The van der Waals surface area contributed by atoms with E-state index in [2.05, 4.69) is 15.9 Å². The van der Waals surface area contributed by atoms with E-state index in [4.69, 9.17) is 4.74 Å². The van der Waals surface area contributed by atoms with Gasteiger partial charge in [0, 0.05) is 24.7 Å². The van der Waals surface area contributed by atoms with Gasteiger partial charge in [-0.15, -0.1) is 0 Å². The number of ether oxygens (including phenoxy) is 1. The third kappa shape index (κ3) is 4.91. The van der Waals surface area contributed by atoms with Gasteiger partial charge in [-0.1, -0.05) is 13.8 Å². The Hall–Kier alpha value is -0.940. The lowest BCUT2D eigenvalue weighted by molar-refractivity contribution is 0.0671. The first kappa shape index (κ1) is 16.1. The fraction of sp³-hybridized carbons (Fsp3) is 0.500. The van der Waals surface area contributed by atoms with Crippen LogP contribution in [-0.2, 0) is 4.74 Å². The average Bonchev–Trinajstić information content (AvgIpc) is 2.33. The third-order valence-corrected chi connectivity index (χ3v) is 3.26. The maximum absolute atomic E-state index is 13.0. The van der Waals surface area contributed by atoms with Crippen molar-refractivity contribution in [3.8, 4) is 0 Å². The Balaban J connectivity index is 2.90. The van der Waals surface area contributed by atoms with Crippen molar-refractivity contribution in [3.05, 3.63) is 34.1 Å². The number of methoxy groups -OCH3 is 1. The Morgan fingerprint density at radius 1 is 1.47 bits per heavy atom. The van der Waals surface area contributed by atoms with Crippen LogP contribution in [0.5, 0.6) is 0 Å². The summed E-state index contributed by atoms with van der Waals surface area (Å²) in [6, 6.07) is 4.10. The predicted octanol–water partition coefficient (Wildman–Crippen LogP) is 3.33. The van der Waals surface area contributed by atoms with Crippen LogP contribution in [0.25, 0.3) is 0 Å². The highest BCUT2D eigenvalue weighted by molar-refractivity contribution is 9.10. The van der Waals surface area contributed by atoms with E-state index in [-0.39, 0.29) is 11.7 Å². The molecule has 0 unspecified atom stereocenters. The van der Waals surface area contributed by atoms with E-state index in [0.717, 1.165) is 0 Å². The molecule has 0 N–H and O–H groups in total. The summed E-state index contributed by atoms with van der Waals surface area (Å²) in [5.74, 6) is -0.117. The molecule has 0 saturated heterocycles. The fourth-order valence-corrected chi connectivity index (χ4v) is 2.27. The lowest BCUT2D eigenvalue weighted by atomic mass is 10.1. The highest BCUT2D eigenvalue weighted by Gasteiger charge is 2.19. The molecule has 19 heavy (non-hydrogen) atoms. The molecule has 0 spiro atoms. The Kier molecular flexibility index (Phi) is 6.45. The molecule has 0 heterocycles. The summed E-state index contributed by atoms with van der Waals surface area (Å²) in [6.07, 6.45) is 0. The lowest BCUT2D eigenvalue weighted by Crippen LogP contribution is -2.36. The van der Waals surface area contributed by atoms with Gasteiger partial charge in [-0.3, -0.25) is 4.79 Å². The molecular weight excluding hydrogens is 313 g/mol. The standard InChI is InChI=1S/C14H19BrFNO2/c1-10(2)9-17(6-7-19-3)14(18)12-5-4-11(16)8-13(12)15/h4-5,8,10H,6-7,9H2,1-3H3. The number of benzene rings is 1. The first-order valence-corrected chi connectivity index (χ1v) is 6.98. The van der Waals surface area contributed by atoms with Crippen LogP contribution < -0.4 is 0 Å². The Morgan fingerprint density at radius 2 is 2.16 bits per heavy atom. The van der Waals surface area contributed by atoms with Crippen LogP contribution in [0.1, 0.15) is 24.2 Å². The summed E-state index contributed by atoms with van der Waals surface area (Å²) in [5, 5.41) is 0. The minimum absolute atomic E-state index is 0.113. The number of nitrogens with zero attached hydrogens (tertiary/aromatic N) is 1. The fourth-order valence-electron chi connectivity index (χ4n) is 1.75. The predicted molar refractivity (Wildman–Crippen MR) is 76.7 cm³/mol. The van der Waals surface area contributed by atoms with Crippen molar-refractivity contribution >= 4 is 21.8 Å². The van der Waals surface area contributed by atoms with Crippen molar-refractivity contribution in [3.63, 3.8) is 0 Å². The summed E-state index contributed by atoms with van der Waals surface area (Å²) < 4.78 is 18.5. The average molecular weight is 332 g/mol. The Labute approximate surface area is 121 Å². The molecule has 0 aromatic heterocycles. The van der Waals surface area contributed by atoms with Gasteiger partial charge in [0.05, 0.1) is 12.2 Å². The zero-order valence-electron chi connectivity index (χ0n) is 11.5. The first-order chi connectivity index (χ1) is 8.95. The number of carbonyl (C=O) groups excluding carboxylic acids is 1. The van der Waals surface area contributed by atoms with Gasteiger partial charge in [0.25, 0.3) is 5.91 Å². The van der Waals surface area contributed by atoms with Gasteiger partial charge in [-0.05, 0) is 40.0 Å². The van der Waals surface area contributed by atoms with Crippen molar-refractivity contribution in [2.24, 2.45) is 5.92 Å². The van der Waals surface area contributed by atoms with E-state index in [1.165, 1.54) is 18.2 Å². The van der Waals surface area contributed by atoms with E-state index >= 15 is 0 Å². The molecule has 0 aliphatic rings. The number of halogens is 2. The maximum atomic E-state index is 13.0. The van der Waals surface area contributed by atoms with Crippen molar-refractivity contribution in [1.29, 1.82) is 0 Å². The molecule has 0 aliphatic carbocycles. The SMILES string of the molecule is COCCN(CC(C)C)C(=O)c1ccc(F)cc1Br. The Morgan fingerprint density at radius 3 is 2.68 bits per heavy atom. The smallest absolute Gasteiger partial charge is 0.255 e. The molecule has 0 fully saturated rings. The quantitative estimate of drug-likeness (QED) is 0.800. The van der Waals surface area contributed by atoms with E-state index in [9.17, 15) is 9.18 Å². The van der Waals surface area contributed by atoms with E-state index in [1.807, 2.05) is 13.8 Å². The Bertz CT molecular complexity index is 437. The van der Waals surface area contributed by atoms with Crippen LogP contribution in [0.4, 0.5) is 4.39 Å². The monoisotopic (exact) mass is 331 g/mol. The van der Waals surface area contributed by atoms with Gasteiger partial charge in [-0.25, -0.2) is 4.39 Å². The van der Waals surface area contributed by atoms with Crippen LogP contribution >= 0.6 is 15.9 Å². The first-order valence-electron chi connectivity index (χ1n) is 6.19. The summed E-state index contributed by atoms with van der Waals surface area (Å²) in [5.41, 5.74) is 0.471. The van der Waals surface area contributed by atoms with E-state index in [1.54, 1.807) is 12.0 Å². The molecule has 5 heteroatoms.